The molecule has 5 nitrogen and oxygen atoms in total. The second-order valence-corrected chi connectivity index (χ2v) is 6.36. The van der Waals surface area contributed by atoms with Crippen molar-refractivity contribution in [1.29, 1.82) is 0 Å². The summed E-state index contributed by atoms with van der Waals surface area (Å²) >= 11 is 11.9. The van der Waals surface area contributed by atoms with Crippen molar-refractivity contribution in [1.82, 2.24) is 0 Å². The Morgan fingerprint density at radius 3 is 2.38 bits per heavy atom. The van der Waals surface area contributed by atoms with Gasteiger partial charge in [-0.15, -0.1) is 0 Å². The predicted molar refractivity (Wildman–Crippen MR) is 105 cm³/mol. The molecule has 0 aliphatic carbocycles. The molecule has 0 atom stereocenters. The molecular formula is C19H20Cl2N2O3. The highest BCUT2D eigenvalue weighted by atomic mass is 35.5. The summed E-state index contributed by atoms with van der Waals surface area (Å²) in [5, 5.41) is 3.58. The van der Waals surface area contributed by atoms with E-state index >= 15 is 0 Å². The molecule has 0 aromatic heterocycles. The molecule has 2 rings (SSSR count). The van der Waals surface area contributed by atoms with E-state index in [1.54, 1.807) is 47.4 Å². The maximum atomic E-state index is 12.2. The summed E-state index contributed by atoms with van der Waals surface area (Å²) in [5.41, 5.74) is 1.19. The minimum atomic E-state index is -0.244. The Morgan fingerprint density at radius 1 is 1.12 bits per heavy atom. The Bertz CT molecular complexity index is 779. The Kier molecular flexibility index (Phi) is 7.30. The Morgan fingerprint density at radius 2 is 1.81 bits per heavy atom. The molecule has 0 spiro atoms. The molecule has 0 heterocycles. The molecule has 0 radical (unpaired) electrons. The number of carbonyl (C=O) groups excluding carboxylic acids is 2. The van der Waals surface area contributed by atoms with Gasteiger partial charge >= 0.3 is 0 Å². The summed E-state index contributed by atoms with van der Waals surface area (Å²) in [5.74, 6) is 0.341. The number of amides is 2. The fraction of sp³-hybridized carbons (Fsp3) is 0.263. The monoisotopic (exact) mass is 394 g/mol. The second-order valence-electron chi connectivity index (χ2n) is 5.52. The van der Waals surface area contributed by atoms with Crippen molar-refractivity contribution in [2.45, 2.75) is 20.3 Å². The van der Waals surface area contributed by atoms with E-state index in [9.17, 15) is 9.59 Å². The van der Waals surface area contributed by atoms with Crippen LogP contribution in [-0.2, 0) is 9.59 Å². The van der Waals surface area contributed by atoms with Crippen LogP contribution in [0.3, 0.4) is 0 Å². The Hall–Kier alpha value is -2.24. The number of anilines is 2. The topological polar surface area (TPSA) is 58.6 Å². The molecule has 1 N–H and O–H groups in total. The number of nitrogens with zero attached hydrogens (tertiary/aromatic N) is 1. The lowest BCUT2D eigenvalue weighted by molar-refractivity contribution is -0.117. The largest absolute Gasteiger partial charge is 0.494 e. The number of nitrogens with one attached hydrogen (secondary N) is 1. The van der Waals surface area contributed by atoms with E-state index in [2.05, 4.69) is 5.32 Å². The van der Waals surface area contributed by atoms with Gasteiger partial charge in [0.1, 0.15) is 5.75 Å². The number of carbonyl (C=O) groups is 2. The molecule has 138 valence electrons. The molecule has 26 heavy (non-hydrogen) atoms. The van der Waals surface area contributed by atoms with E-state index in [4.69, 9.17) is 27.9 Å². The number of ether oxygens (including phenoxy) is 1. The summed E-state index contributed by atoms with van der Waals surface area (Å²) in [6.45, 7) is 4.19. The molecule has 2 aromatic rings. The first-order chi connectivity index (χ1) is 12.4. The Labute approximate surface area is 162 Å². The normalized spacial score (nSPS) is 10.3. The van der Waals surface area contributed by atoms with Crippen LogP contribution in [0.1, 0.15) is 20.3 Å². The van der Waals surface area contributed by atoms with Crippen molar-refractivity contribution in [3.63, 3.8) is 0 Å². The Balaban J connectivity index is 1.99. The molecule has 0 fully saturated rings. The van der Waals surface area contributed by atoms with E-state index in [1.165, 1.54) is 6.92 Å². The summed E-state index contributed by atoms with van der Waals surface area (Å²) < 4.78 is 5.40. The van der Waals surface area contributed by atoms with Crippen LogP contribution in [0.2, 0.25) is 10.0 Å². The van der Waals surface area contributed by atoms with Crippen LogP contribution in [-0.4, -0.2) is 25.0 Å². The van der Waals surface area contributed by atoms with Crippen molar-refractivity contribution in [2.75, 3.05) is 23.4 Å². The van der Waals surface area contributed by atoms with Gasteiger partial charge in [-0.05, 0) is 49.4 Å². The van der Waals surface area contributed by atoms with Gasteiger partial charge < -0.3 is 15.0 Å². The summed E-state index contributed by atoms with van der Waals surface area (Å²) in [7, 11) is 0. The predicted octanol–water partition coefficient (Wildman–Crippen LogP) is 4.77. The molecule has 0 aliphatic heterocycles. The third-order valence-electron chi connectivity index (χ3n) is 3.61. The maximum absolute atomic E-state index is 12.2. The van der Waals surface area contributed by atoms with Gasteiger partial charge in [0.15, 0.2) is 0 Å². The molecular weight excluding hydrogens is 375 g/mol. The van der Waals surface area contributed by atoms with E-state index in [1.807, 2.05) is 6.92 Å². The van der Waals surface area contributed by atoms with E-state index < -0.39 is 0 Å². The third kappa shape index (κ3) is 5.64. The van der Waals surface area contributed by atoms with Crippen LogP contribution in [0.15, 0.2) is 42.5 Å². The average molecular weight is 395 g/mol. The first-order valence-electron chi connectivity index (χ1n) is 8.16. The number of benzene rings is 2. The highest BCUT2D eigenvalue weighted by Gasteiger charge is 2.14. The smallest absolute Gasteiger partial charge is 0.226 e. The average Bonchev–Trinajstić information content (AvgIpc) is 2.59. The number of hydrogen-bond acceptors (Lipinski definition) is 3. The standard InChI is InChI=1S/C19H20Cl2N2O3/c1-3-26-16-7-5-15(6-8-16)23(13(2)24)11-10-19(25)22-18-9-4-14(20)12-17(18)21/h4-9,12H,3,10-11H2,1-2H3,(H,22,25). The first-order valence-corrected chi connectivity index (χ1v) is 8.92. The van der Waals surface area contributed by atoms with E-state index in [-0.39, 0.29) is 24.8 Å². The molecule has 0 bridgehead atoms. The zero-order valence-electron chi connectivity index (χ0n) is 14.6. The number of rotatable bonds is 7. The van der Waals surface area contributed by atoms with Crippen molar-refractivity contribution < 1.29 is 14.3 Å². The summed E-state index contributed by atoms with van der Waals surface area (Å²) in [4.78, 5) is 25.7. The van der Waals surface area contributed by atoms with Crippen LogP contribution in [0.4, 0.5) is 11.4 Å². The molecule has 0 aliphatic rings. The van der Waals surface area contributed by atoms with Gasteiger partial charge in [-0.25, -0.2) is 0 Å². The SMILES string of the molecule is CCOc1ccc(N(CCC(=O)Nc2ccc(Cl)cc2Cl)C(C)=O)cc1. The molecule has 0 saturated heterocycles. The molecule has 2 aromatic carbocycles. The van der Waals surface area contributed by atoms with Gasteiger partial charge in [-0.3, -0.25) is 9.59 Å². The van der Waals surface area contributed by atoms with Gasteiger partial charge in [-0.1, -0.05) is 23.2 Å². The lowest BCUT2D eigenvalue weighted by Gasteiger charge is -2.21. The van der Waals surface area contributed by atoms with Crippen LogP contribution in [0.25, 0.3) is 0 Å². The fourth-order valence-electron chi connectivity index (χ4n) is 2.37. The molecule has 7 heteroatoms. The summed E-state index contributed by atoms with van der Waals surface area (Å²) in [6.07, 6.45) is 0.131. The van der Waals surface area contributed by atoms with Crippen LogP contribution >= 0.6 is 23.2 Å². The van der Waals surface area contributed by atoms with Crippen LogP contribution in [0.5, 0.6) is 5.75 Å². The van der Waals surface area contributed by atoms with Crippen molar-refractivity contribution in [3.8, 4) is 5.75 Å². The van der Waals surface area contributed by atoms with Gasteiger partial charge in [0, 0.05) is 30.6 Å². The molecule has 2 amide bonds. The lowest BCUT2D eigenvalue weighted by atomic mass is 10.2. The quantitative estimate of drug-likeness (QED) is 0.735. The number of hydrogen-bond donors (Lipinski definition) is 1. The molecule has 0 saturated carbocycles. The zero-order valence-corrected chi connectivity index (χ0v) is 16.1. The second kappa shape index (κ2) is 9.46. The van der Waals surface area contributed by atoms with E-state index in [0.29, 0.717) is 28.0 Å². The first kappa shape index (κ1) is 20.1. The van der Waals surface area contributed by atoms with Crippen LogP contribution in [0, 0.1) is 0 Å². The molecule has 0 unspecified atom stereocenters. The third-order valence-corrected chi connectivity index (χ3v) is 4.16. The van der Waals surface area contributed by atoms with Crippen LogP contribution < -0.4 is 15.0 Å². The zero-order chi connectivity index (χ0) is 19.1. The lowest BCUT2D eigenvalue weighted by Crippen LogP contribution is -2.31. The van der Waals surface area contributed by atoms with Gasteiger partial charge in [-0.2, -0.15) is 0 Å². The fourth-order valence-corrected chi connectivity index (χ4v) is 2.83. The minimum Gasteiger partial charge on any atom is -0.494 e. The highest BCUT2D eigenvalue weighted by Crippen LogP contribution is 2.25. The summed E-state index contributed by atoms with van der Waals surface area (Å²) in [6, 6.07) is 12.0. The van der Waals surface area contributed by atoms with E-state index in [0.717, 1.165) is 5.75 Å². The highest BCUT2D eigenvalue weighted by molar-refractivity contribution is 6.36. The minimum absolute atomic E-state index is 0.131. The van der Waals surface area contributed by atoms with Gasteiger partial charge in [0.2, 0.25) is 11.8 Å². The number of halogens is 2. The van der Waals surface area contributed by atoms with Crippen molar-refractivity contribution in [2.24, 2.45) is 0 Å². The van der Waals surface area contributed by atoms with Gasteiger partial charge in [0.25, 0.3) is 0 Å². The van der Waals surface area contributed by atoms with Crippen molar-refractivity contribution >= 4 is 46.4 Å². The van der Waals surface area contributed by atoms with Crippen molar-refractivity contribution in [3.05, 3.63) is 52.5 Å². The van der Waals surface area contributed by atoms with Gasteiger partial charge in [0.05, 0.1) is 17.3 Å². The maximum Gasteiger partial charge on any atom is 0.226 e.